The second kappa shape index (κ2) is 14.9. The predicted molar refractivity (Wildman–Crippen MR) is 148 cm³/mol. The molecule has 3 rings (SSSR count). The van der Waals surface area contributed by atoms with E-state index in [2.05, 4.69) is 10.6 Å². The van der Waals surface area contributed by atoms with Crippen molar-refractivity contribution in [2.45, 2.75) is 25.1 Å². The monoisotopic (exact) mass is 531 g/mol. The van der Waals surface area contributed by atoms with E-state index in [0.29, 0.717) is 26.1 Å². The zero-order valence-electron chi connectivity index (χ0n) is 20.8. The number of carbonyl (C=O) groups is 2. The van der Waals surface area contributed by atoms with Crippen molar-refractivity contribution >= 4 is 51.3 Å². The van der Waals surface area contributed by atoms with Crippen LogP contribution in [0.5, 0.6) is 0 Å². The molecule has 2 atom stereocenters. The van der Waals surface area contributed by atoms with Gasteiger partial charge in [0.05, 0.1) is 13.2 Å². The minimum atomic E-state index is -0.544. The minimum absolute atomic E-state index is 0.00386. The van der Waals surface area contributed by atoms with Gasteiger partial charge < -0.3 is 25.4 Å². The summed E-state index contributed by atoms with van der Waals surface area (Å²) in [5.74, 6) is 1.62. The first-order valence-corrected chi connectivity index (χ1v) is 14.4. The van der Waals surface area contributed by atoms with Crippen LogP contribution in [0, 0.1) is 0 Å². The van der Waals surface area contributed by atoms with Gasteiger partial charge in [-0.25, -0.2) is 4.79 Å². The van der Waals surface area contributed by atoms with Crippen LogP contribution >= 0.6 is 21.6 Å². The summed E-state index contributed by atoms with van der Waals surface area (Å²) >= 11 is 0. The average Bonchev–Trinajstić information content (AvgIpc) is 3.29. The van der Waals surface area contributed by atoms with Gasteiger partial charge >= 0.3 is 5.97 Å². The lowest BCUT2D eigenvalue weighted by molar-refractivity contribution is -0.684. The normalized spacial score (nSPS) is 17.5. The Morgan fingerprint density at radius 2 is 1.72 bits per heavy atom. The van der Waals surface area contributed by atoms with E-state index in [4.69, 9.17) is 4.74 Å². The maximum Gasteiger partial charge on any atom is 0.328 e. The number of hydrogen-bond donors (Lipinski definition) is 3. The number of aliphatic hydroxyl groups excluding tert-OH is 1. The number of aromatic nitrogens is 1. The number of nitrogens with zero attached hydrogens (tertiary/aromatic N) is 2. The molecule has 1 fully saturated rings. The summed E-state index contributed by atoms with van der Waals surface area (Å²) in [6.45, 7) is 2.35. The molecule has 0 aliphatic carbocycles. The van der Waals surface area contributed by atoms with Crippen LogP contribution in [-0.2, 0) is 20.9 Å². The van der Waals surface area contributed by atoms with Gasteiger partial charge in [-0.1, -0.05) is 45.9 Å². The molecule has 2 heterocycles. The van der Waals surface area contributed by atoms with Crippen LogP contribution in [0.25, 0.3) is 12.2 Å². The Morgan fingerprint density at radius 1 is 1.08 bits per heavy atom. The number of aliphatic hydroxyl groups is 1. The molecule has 2 unspecified atom stereocenters. The molecule has 3 N–H and O–H groups in total. The lowest BCUT2D eigenvalue weighted by atomic mass is 10.1. The SMILES string of the molecule is CNCCSSCCNC(=O)C[n+]1ccc(/C=C/c2ccc(N3CC(O)CC3C(=O)OC)cc2)cc1. The lowest BCUT2D eigenvalue weighted by Gasteiger charge is -2.24. The Balaban J connectivity index is 1.45. The van der Waals surface area contributed by atoms with Gasteiger partial charge in [-0.2, -0.15) is 4.57 Å². The molecule has 1 aromatic heterocycles. The van der Waals surface area contributed by atoms with Crippen molar-refractivity contribution in [1.29, 1.82) is 0 Å². The summed E-state index contributed by atoms with van der Waals surface area (Å²) < 4.78 is 6.74. The molecule has 0 spiro atoms. The third-order valence-electron chi connectivity index (χ3n) is 5.71. The predicted octanol–water partition coefficient (Wildman–Crippen LogP) is 1.97. The van der Waals surface area contributed by atoms with Gasteiger partial charge in [-0.3, -0.25) is 4.79 Å². The van der Waals surface area contributed by atoms with Gasteiger partial charge in [0.2, 0.25) is 6.54 Å². The lowest BCUT2D eigenvalue weighted by Crippen LogP contribution is -2.42. The molecule has 0 bridgehead atoms. The van der Waals surface area contributed by atoms with Crippen LogP contribution in [0.2, 0.25) is 0 Å². The van der Waals surface area contributed by atoms with E-state index in [0.717, 1.165) is 34.9 Å². The Hall–Kier alpha value is -2.53. The number of methoxy groups -OCH3 is 1. The number of benzene rings is 1. The van der Waals surface area contributed by atoms with Crippen molar-refractivity contribution < 1.29 is 24.0 Å². The first-order valence-electron chi connectivity index (χ1n) is 12.0. The fraction of sp³-hybridized carbons (Fsp3) is 0.423. The highest BCUT2D eigenvalue weighted by Gasteiger charge is 2.36. The number of β-amino-alcohol motifs (C(OH)–C–C–N with tert-alkyl or cyclic N) is 1. The van der Waals surface area contributed by atoms with Gasteiger partial charge in [0, 0.05) is 55.4 Å². The van der Waals surface area contributed by atoms with Crippen molar-refractivity contribution in [3.8, 4) is 0 Å². The van der Waals surface area contributed by atoms with Gasteiger partial charge in [0.25, 0.3) is 5.91 Å². The highest BCUT2D eigenvalue weighted by atomic mass is 33.1. The number of carbonyl (C=O) groups excluding carboxylic acids is 2. The Bertz CT molecular complexity index is 1000. The largest absolute Gasteiger partial charge is 0.467 e. The molecule has 194 valence electrons. The first kappa shape index (κ1) is 28.0. The zero-order valence-corrected chi connectivity index (χ0v) is 22.4. The number of rotatable bonds is 13. The van der Waals surface area contributed by atoms with Crippen LogP contribution in [0.1, 0.15) is 17.5 Å². The molecule has 1 aliphatic heterocycles. The molecule has 2 aromatic rings. The highest BCUT2D eigenvalue weighted by Crippen LogP contribution is 2.27. The smallest absolute Gasteiger partial charge is 0.328 e. The van der Waals surface area contributed by atoms with Crippen molar-refractivity contribution in [3.63, 3.8) is 0 Å². The molecule has 8 nitrogen and oxygen atoms in total. The van der Waals surface area contributed by atoms with E-state index >= 15 is 0 Å². The second-order valence-electron chi connectivity index (χ2n) is 8.41. The number of amides is 1. The average molecular weight is 532 g/mol. The van der Waals surface area contributed by atoms with Crippen molar-refractivity contribution in [2.75, 3.05) is 50.2 Å². The number of pyridine rings is 1. The standard InChI is InChI=1S/C26H34N4O4S2/c1-27-11-15-35-36-16-12-28-25(32)19-29-13-9-21(10-14-29)4-3-20-5-7-22(8-6-20)30-18-23(31)17-24(30)26(33)34-2/h3-10,13-14,23-24,27,31H,11-12,15-19H2,1-2H3/p+1. The van der Waals surface area contributed by atoms with E-state index in [1.54, 1.807) is 10.8 Å². The number of esters is 1. The summed E-state index contributed by atoms with van der Waals surface area (Å²) in [5.41, 5.74) is 2.93. The van der Waals surface area contributed by atoms with Crippen LogP contribution in [0.3, 0.4) is 0 Å². The molecule has 1 aromatic carbocycles. The van der Waals surface area contributed by atoms with Gasteiger partial charge in [0.1, 0.15) is 6.04 Å². The van der Waals surface area contributed by atoms with E-state index in [1.165, 1.54) is 7.11 Å². The van der Waals surface area contributed by atoms with Crippen LogP contribution < -0.4 is 20.1 Å². The van der Waals surface area contributed by atoms with Gasteiger partial charge in [0.15, 0.2) is 12.4 Å². The van der Waals surface area contributed by atoms with E-state index in [-0.39, 0.29) is 11.9 Å². The molecule has 1 amide bonds. The van der Waals surface area contributed by atoms with Crippen molar-refractivity contribution in [2.24, 2.45) is 0 Å². The summed E-state index contributed by atoms with van der Waals surface area (Å²) in [6.07, 6.45) is 7.65. The fourth-order valence-electron chi connectivity index (χ4n) is 3.83. The van der Waals surface area contributed by atoms with E-state index < -0.39 is 12.1 Å². The Labute approximate surface area is 220 Å². The van der Waals surface area contributed by atoms with Gasteiger partial charge in [-0.15, -0.1) is 0 Å². The summed E-state index contributed by atoms with van der Waals surface area (Å²) in [5, 5.41) is 16.1. The van der Waals surface area contributed by atoms with E-state index in [9.17, 15) is 14.7 Å². The molecule has 36 heavy (non-hydrogen) atoms. The minimum Gasteiger partial charge on any atom is -0.467 e. The van der Waals surface area contributed by atoms with Gasteiger partial charge in [-0.05, 0) is 30.3 Å². The zero-order chi connectivity index (χ0) is 25.8. The van der Waals surface area contributed by atoms with Crippen LogP contribution in [0.4, 0.5) is 5.69 Å². The van der Waals surface area contributed by atoms with Crippen LogP contribution in [-0.4, -0.2) is 74.4 Å². The summed E-state index contributed by atoms with van der Waals surface area (Å²) in [4.78, 5) is 26.1. The molecule has 1 saturated heterocycles. The fourth-order valence-corrected chi connectivity index (χ4v) is 5.74. The number of hydrogen-bond acceptors (Lipinski definition) is 8. The quantitative estimate of drug-likeness (QED) is 0.156. The number of nitrogens with one attached hydrogen (secondary N) is 2. The number of anilines is 1. The van der Waals surface area contributed by atoms with Crippen molar-refractivity contribution in [3.05, 3.63) is 59.9 Å². The molecule has 0 radical (unpaired) electrons. The topological polar surface area (TPSA) is 94.8 Å². The molecule has 0 saturated carbocycles. The van der Waals surface area contributed by atoms with Crippen molar-refractivity contribution in [1.82, 2.24) is 10.6 Å². The molecular formula is C26H35N4O4S2+. The second-order valence-corrected chi connectivity index (χ2v) is 11.1. The summed E-state index contributed by atoms with van der Waals surface area (Å²) in [7, 11) is 6.89. The van der Waals surface area contributed by atoms with Crippen LogP contribution in [0.15, 0.2) is 48.8 Å². The third kappa shape index (κ3) is 8.85. The maximum atomic E-state index is 12.1. The molecule has 10 heteroatoms. The third-order valence-corrected chi connectivity index (χ3v) is 8.12. The highest BCUT2D eigenvalue weighted by molar-refractivity contribution is 8.76. The first-order chi connectivity index (χ1) is 17.5. The van der Waals surface area contributed by atoms with E-state index in [1.807, 2.05) is 88.3 Å². The summed E-state index contributed by atoms with van der Waals surface area (Å²) in [6, 6.07) is 11.3. The molecular weight excluding hydrogens is 496 g/mol. The Morgan fingerprint density at radius 3 is 2.36 bits per heavy atom. The number of ether oxygens (including phenoxy) is 1. The Kier molecular flexibility index (Phi) is 11.6. The molecule has 1 aliphatic rings. The maximum absolute atomic E-state index is 12.1.